The van der Waals surface area contributed by atoms with Crippen molar-refractivity contribution in [1.29, 1.82) is 0 Å². The minimum atomic E-state index is -1.05. The number of carbonyl (C=O) groups excluding carboxylic acids is 2. The standard InChI is InChI=1S/C16H16N2O5/c1-2-7-23-11-3-4-12-10(8-11)9-18(16(12)22)13(15(17)21)5-6-14(19)20/h1,3-4,8,13H,5-7,9H2,(H2,17,21)(H,19,20). The summed E-state index contributed by atoms with van der Waals surface area (Å²) in [4.78, 5) is 36.0. The van der Waals surface area contributed by atoms with Crippen LogP contribution in [-0.4, -0.2) is 40.4 Å². The van der Waals surface area contributed by atoms with Gasteiger partial charge in [-0.3, -0.25) is 14.4 Å². The van der Waals surface area contributed by atoms with E-state index in [1.54, 1.807) is 18.2 Å². The Bertz CT molecular complexity index is 692. The van der Waals surface area contributed by atoms with Gasteiger partial charge in [-0.05, 0) is 30.2 Å². The van der Waals surface area contributed by atoms with E-state index >= 15 is 0 Å². The number of carboxylic acid groups (broad SMARTS) is 1. The molecule has 0 fully saturated rings. The number of ether oxygens (including phenoxy) is 1. The molecule has 2 amide bonds. The molecule has 0 spiro atoms. The third-order valence-electron chi connectivity index (χ3n) is 3.57. The molecule has 7 nitrogen and oxygen atoms in total. The smallest absolute Gasteiger partial charge is 0.303 e. The molecule has 1 unspecified atom stereocenters. The highest BCUT2D eigenvalue weighted by molar-refractivity contribution is 6.01. The van der Waals surface area contributed by atoms with E-state index in [9.17, 15) is 14.4 Å². The highest BCUT2D eigenvalue weighted by Crippen LogP contribution is 2.29. The molecule has 1 aliphatic heterocycles. The Morgan fingerprint density at radius 3 is 2.83 bits per heavy atom. The first-order valence-electron chi connectivity index (χ1n) is 6.95. The number of fused-ring (bicyclic) bond motifs is 1. The number of nitrogens with two attached hydrogens (primary N) is 1. The van der Waals surface area contributed by atoms with Crippen molar-refractivity contribution < 1.29 is 24.2 Å². The average molecular weight is 316 g/mol. The van der Waals surface area contributed by atoms with E-state index in [0.29, 0.717) is 16.9 Å². The van der Waals surface area contributed by atoms with Crippen LogP contribution in [0, 0.1) is 12.3 Å². The van der Waals surface area contributed by atoms with Gasteiger partial charge in [0.05, 0.1) is 0 Å². The van der Waals surface area contributed by atoms with Crippen LogP contribution in [0.25, 0.3) is 0 Å². The first-order chi connectivity index (χ1) is 10.9. The van der Waals surface area contributed by atoms with Gasteiger partial charge in [-0.1, -0.05) is 5.92 Å². The predicted molar refractivity (Wildman–Crippen MR) is 80.5 cm³/mol. The van der Waals surface area contributed by atoms with Crippen LogP contribution in [0.1, 0.15) is 28.8 Å². The molecule has 1 aromatic rings. The summed E-state index contributed by atoms with van der Waals surface area (Å²) in [5.41, 5.74) is 6.45. The first-order valence-corrected chi connectivity index (χ1v) is 6.95. The van der Waals surface area contributed by atoms with Crippen molar-refractivity contribution in [3.05, 3.63) is 29.3 Å². The number of terminal acetylenes is 1. The number of amides is 2. The van der Waals surface area contributed by atoms with Gasteiger partial charge in [-0.2, -0.15) is 0 Å². The van der Waals surface area contributed by atoms with Gasteiger partial charge < -0.3 is 20.5 Å². The Labute approximate surface area is 133 Å². The molecule has 0 aliphatic carbocycles. The van der Waals surface area contributed by atoms with Gasteiger partial charge in [0.1, 0.15) is 18.4 Å². The van der Waals surface area contributed by atoms with Crippen molar-refractivity contribution in [2.45, 2.75) is 25.4 Å². The van der Waals surface area contributed by atoms with Gasteiger partial charge in [0.25, 0.3) is 5.91 Å². The fourth-order valence-electron chi connectivity index (χ4n) is 2.50. The number of carboxylic acids is 1. The molecule has 7 heteroatoms. The predicted octanol–water partition coefficient (Wildman–Crippen LogP) is 0.373. The largest absolute Gasteiger partial charge is 0.481 e. The molecule has 1 aromatic carbocycles. The molecule has 0 saturated heterocycles. The van der Waals surface area contributed by atoms with E-state index in [1.807, 2.05) is 0 Å². The van der Waals surface area contributed by atoms with E-state index in [4.69, 9.17) is 22.0 Å². The Balaban J connectivity index is 2.19. The Morgan fingerprint density at radius 1 is 1.48 bits per heavy atom. The summed E-state index contributed by atoms with van der Waals surface area (Å²) in [6.07, 6.45) is 4.86. The van der Waals surface area contributed by atoms with Gasteiger partial charge in [0.2, 0.25) is 5.91 Å². The molecule has 1 aliphatic rings. The van der Waals surface area contributed by atoms with Gasteiger partial charge in [0, 0.05) is 18.5 Å². The van der Waals surface area contributed by atoms with Crippen molar-refractivity contribution in [3.63, 3.8) is 0 Å². The molecule has 23 heavy (non-hydrogen) atoms. The normalized spacial score (nSPS) is 14.0. The fraction of sp³-hybridized carbons (Fsp3) is 0.312. The van der Waals surface area contributed by atoms with Crippen molar-refractivity contribution in [1.82, 2.24) is 4.90 Å². The summed E-state index contributed by atoms with van der Waals surface area (Å²) in [6, 6.07) is 3.94. The highest BCUT2D eigenvalue weighted by Gasteiger charge is 2.35. The van der Waals surface area contributed by atoms with Crippen molar-refractivity contribution >= 4 is 17.8 Å². The third-order valence-corrected chi connectivity index (χ3v) is 3.57. The molecular formula is C16H16N2O5. The van der Waals surface area contributed by atoms with Gasteiger partial charge >= 0.3 is 5.97 Å². The zero-order chi connectivity index (χ0) is 17.0. The summed E-state index contributed by atoms with van der Waals surface area (Å²) in [7, 11) is 0. The number of aliphatic carboxylic acids is 1. The van der Waals surface area contributed by atoms with E-state index < -0.39 is 17.9 Å². The van der Waals surface area contributed by atoms with Crippen LogP contribution in [0.2, 0.25) is 0 Å². The molecule has 0 saturated carbocycles. The number of primary amides is 1. The number of benzene rings is 1. The molecule has 3 N–H and O–H groups in total. The molecule has 120 valence electrons. The molecule has 2 rings (SSSR count). The minimum absolute atomic E-state index is 0.0230. The minimum Gasteiger partial charge on any atom is -0.481 e. The number of hydrogen-bond acceptors (Lipinski definition) is 4. The Kier molecular flexibility index (Phi) is 4.86. The zero-order valence-corrected chi connectivity index (χ0v) is 12.3. The highest BCUT2D eigenvalue weighted by atomic mass is 16.5. The lowest BCUT2D eigenvalue weighted by atomic mass is 10.1. The van der Waals surface area contributed by atoms with E-state index in [1.165, 1.54) is 4.90 Å². The van der Waals surface area contributed by atoms with Crippen LogP contribution < -0.4 is 10.5 Å². The van der Waals surface area contributed by atoms with Crippen LogP contribution in [0.4, 0.5) is 0 Å². The van der Waals surface area contributed by atoms with Crippen LogP contribution in [-0.2, 0) is 16.1 Å². The van der Waals surface area contributed by atoms with E-state index in [-0.39, 0.29) is 31.9 Å². The fourth-order valence-corrected chi connectivity index (χ4v) is 2.50. The average Bonchev–Trinajstić information content (AvgIpc) is 2.81. The quantitative estimate of drug-likeness (QED) is 0.706. The number of hydrogen-bond donors (Lipinski definition) is 2. The molecule has 0 bridgehead atoms. The van der Waals surface area contributed by atoms with Crippen LogP contribution in [0.15, 0.2) is 18.2 Å². The maximum absolute atomic E-state index is 12.4. The van der Waals surface area contributed by atoms with Gasteiger partial charge in [-0.15, -0.1) is 6.42 Å². The Hall–Kier alpha value is -3.01. The monoisotopic (exact) mass is 316 g/mol. The molecular weight excluding hydrogens is 300 g/mol. The van der Waals surface area contributed by atoms with E-state index in [0.717, 1.165) is 0 Å². The summed E-state index contributed by atoms with van der Waals surface area (Å²) in [5, 5.41) is 8.76. The van der Waals surface area contributed by atoms with E-state index in [2.05, 4.69) is 5.92 Å². The van der Waals surface area contributed by atoms with Crippen molar-refractivity contribution in [3.8, 4) is 18.1 Å². The number of carbonyl (C=O) groups is 3. The van der Waals surface area contributed by atoms with Crippen molar-refractivity contribution in [2.75, 3.05) is 6.61 Å². The maximum Gasteiger partial charge on any atom is 0.303 e. The first kappa shape index (κ1) is 16.4. The van der Waals surface area contributed by atoms with Gasteiger partial charge in [0.15, 0.2) is 0 Å². The summed E-state index contributed by atoms with van der Waals surface area (Å²) in [6.45, 7) is 0.285. The lowest BCUT2D eigenvalue weighted by Crippen LogP contribution is -2.45. The second-order valence-electron chi connectivity index (χ2n) is 5.10. The summed E-state index contributed by atoms with van der Waals surface area (Å²) in [5.74, 6) is 0.745. The molecule has 1 heterocycles. The lowest BCUT2D eigenvalue weighted by Gasteiger charge is -2.24. The summed E-state index contributed by atoms with van der Waals surface area (Å²) < 4.78 is 5.30. The molecule has 1 atom stereocenters. The van der Waals surface area contributed by atoms with Crippen LogP contribution >= 0.6 is 0 Å². The lowest BCUT2D eigenvalue weighted by molar-refractivity contribution is -0.137. The van der Waals surface area contributed by atoms with Gasteiger partial charge in [-0.25, -0.2) is 0 Å². The van der Waals surface area contributed by atoms with Crippen LogP contribution in [0.5, 0.6) is 5.75 Å². The number of nitrogens with zero attached hydrogens (tertiary/aromatic N) is 1. The summed E-state index contributed by atoms with van der Waals surface area (Å²) >= 11 is 0. The Morgan fingerprint density at radius 2 is 2.22 bits per heavy atom. The second-order valence-corrected chi connectivity index (χ2v) is 5.10. The third kappa shape index (κ3) is 3.61. The zero-order valence-electron chi connectivity index (χ0n) is 12.3. The topological polar surface area (TPSA) is 110 Å². The SMILES string of the molecule is C#CCOc1ccc2c(c1)CN(C(CCC(=O)O)C(N)=O)C2=O. The number of rotatable bonds is 7. The maximum atomic E-state index is 12.4. The molecule has 0 radical (unpaired) electrons. The van der Waals surface area contributed by atoms with Crippen molar-refractivity contribution in [2.24, 2.45) is 5.73 Å². The second kappa shape index (κ2) is 6.83. The van der Waals surface area contributed by atoms with Crippen LogP contribution in [0.3, 0.4) is 0 Å². The molecule has 0 aromatic heterocycles.